The maximum absolute atomic E-state index is 13.9. The summed E-state index contributed by atoms with van der Waals surface area (Å²) in [6.45, 7) is 5.78. The lowest BCUT2D eigenvalue weighted by Crippen LogP contribution is -2.40. The fourth-order valence-corrected chi connectivity index (χ4v) is 3.03. The smallest absolute Gasteiger partial charge is 0.319 e. The predicted molar refractivity (Wildman–Crippen MR) is 93.4 cm³/mol. The normalized spacial score (nSPS) is 20.3. The molecule has 1 atom stereocenters. The van der Waals surface area contributed by atoms with Crippen LogP contribution in [0.4, 0.5) is 9.18 Å². The van der Waals surface area contributed by atoms with Crippen molar-refractivity contribution in [3.63, 3.8) is 0 Å². The van der Waals surface area contributed by atoms with Crippen LogP contribution in [0.15, 0.2) is 48.5 Å². The van der Waals surface area contributed by atoms with Crippen LogP contribution in [-0.4, -0.2) is 16.8 Å². The molecule has 1 heterocycles. The van der Waals surface area contributed by atoms with Gasteiger partial charge in [0.05, 0.1) is 6.54 Å². The molecule has 5 heteroatoms. The van der Waals surface area contributed by atoms with Crippen LogP contribution >= 0.6 is 0 Å². The van der Waals surface area contributed by atoms with E-state index in [1.54, 1.807) is 25.1 Å². The Morgan fingerprint density at radius 1 is 1.08 bits per heavy atom. The number of urea groups is 1. The van der Waals surface area contributed by atoms with Gasteiger partial charge >= 0.3 is 6.03 Å². The van der Waals surface area contributed by atoms with Gasteiger partial charge in [0.2, 0.25) is 0 Å². The molecule has 1 fully saturated rings. The third-order valence-electron chi connectivity index (χ3n) is 4.72. The molecule has 25 heavy (non-hydrogen) atoms. The van der Waals surface area contributed by atoms with Gasteiger partial charge in [-0.05, 0) is 30.0 Å². The number of nitrogens with one attached hydrogen (secondary N) is 1. The highest BCUT2D eigenvalue weighted by molar-refractivity contribution is 6.07. The first-order valence-corrected chi connectivity index (χ1v) is 8.31. The van der Waals surface area contributed by atoms with Gasteiger partial charge in [0, 0.05) is 5.56 Å². The average molecular weight is 340 g/mol. The molecule has 3 amide bonds. The fourth-order valence-electron chi connectivity index (χ4n) is 3.03. The van der Waals surface area contributed by atoms with E-state index in [2.05, 4.69) is 19.2 Å². The number of halogens is 1. The van der Waals surface area contributed by atoms with Crippen molar-refractivity contribution < 1.29 is 14.0 Å². The van der Waals surface area contributed by atoms with Crippen LogP contribution in [0.5, 0.6) is 0 Å². The molecule has 1 N–H and O–H groups in total. The number of hydrogen-bond acceptors (Lipinski definition) is 2. The standard InChI is InChI=1S/C20H21FN2O2/c1-13(2)14-8-10-16(11-9-14)20(3)18(24)23(19(25)22-20)12-15-6-4-5-7-17(15)21/h4-11,13H,12H2,1-3H3,(H,22,25)/t20-/m1/s1. The van der Waals surface area contributed by atoms with Crippen molar-refractivity contribution in [2.24, 2.45) is 0 Å². The second kappa shape index (κ2) is 6.31. The molecule has 3 rings (SSSR count). The Hall–Kier alpha value is -2.69. The van der Waals surface area contributed by atoms with Crippen molar-refractivity contribution in [3.05, 3.63) is 71.0 Å². The Morgan fingerprint density at radius 2 is 1.72 bits per heavy atom. The number of rotatable bonds is 4. The van der Waals surface area contributed by atoms with E-state index in [0.29, 0.717) is 17.0 Å². The first kappa shape index (κ1) is 17.1. The summed E-state index contributed by atoms with van der Waals surface area (Å²) >= 11 is 0. The fraction of sp³-hybridized carbons (Fsp3) is 0.300. The summed E-state index contributed by atoms with van der Waals surface area (Å²) in [7, 11) is 0. The Morgan fingerprint density at radius 3 is 2.32 bits per heavy atom. The summed E-state index contributed by atoms with van der Waals surface area (Å²) in [5, 5.41) is 2.75. The molecule has 0 bridgehead atoms. The quantitative estimate of drug-likeness (QED) is 0.858. The number of nitrogens with zero attached hydrogens (tertiary/aromatic N) is 1. The molecule has 2 aromatic rings. The molecule has 0 spiro atoms. The number of amides is 3. The lowest BCUT2D eigenvalue weighted by atomic mass is 9.90. The first-order valence-electron chi connectivity index (χ1n) is 8.31. The van der Waals surface area contributed by atoms with Crippen molar-refractivity contribution in [1.82, 2.24) is 10.2 Å². The molecule has 1 aliphatic heterocycles. The molecular weight excluding hydrogens is 319 g/mol. The average Bonchev–Trinajstić information content (AvgIpc) is 2.81. The monoisotopic (exact) mass is 340 g/mol. The van der Waals surface area contributed by atoms with Gasteiger partial charge in [-0.15, -0.1) is 0 Å². The SMILES string of the molecule is CC(C)c1ccc([C@@]2(C)NC(=O)N(Cc3ccccc3F)C2=O)cc1. The summed E-state index contributed by atoms with van der Waals surface area (Å²) in [4.78, 5) is 26.3. The van der Waals surface area contributed by atoms with E-state index in [-0.39, 0.29) is 12.5 Å². The molecule has 2 aromatic carbocycles. The molecule has 0 saturated carbocycles. The number of imide groups is 1. The van der Waals surface area contributed by atoms with Crippen molar-refractivity contribution in [1.29, 1.82) is 0 Å². The predicted octanol–water partition coefficient (Wildman–Crippen LogP) is 3.92. The number of carbonyl (C=O) groups excluding carboxylic acids is 2. The first-order chi connectivity index (χ1) is 11.8. The van der Waals surface area contributed by atoms with Crippen molar-refractivity contribution >= 4 is 11.9 Å². The van der Waals surface area contributed by atoms with E-state index < -0.39 is 17.4 Å². The third kappa shape index (κ3) is 3.02. The lowest BCUT2D eigenvalue weighted by Gasteiger charge is -2.23. The highest BCUT2D eigenvalue weighted by Crippen LogP contribution is 2.31. The van der Waals surface area contributed by atoms with Crippen molar-refractivity contribution in [2.45, 2.75) is 38.8 Å². The van der Waals surface area contributed by atoms with E-state index in [9.17, 15) is 14.0 Å². The van der Waals surface area contributed by atoms with E-state index >= 15 is 0 Å². The molecule has 0 aliphatic carbocycles. The van der Waals surface area contributed by atoms with Gasteiger partial charge in [-0.1, -0.05) is 56.3 Å². The number of carbonyl (C=O) groups is 2. The second-order valence-electron chi connectivity index (χ2n) is 6.81. The number of hydrogen-bond donors (Lipinski definition) is 1. The molecular formula is C20H21FN2O2. The Bertz CT molecular complexity index is 817. The summed E-state index contributed by atoms with van der Waals surface area (Å²) in [6.07, 6.45) is 0. The molecule has 1 aliphatic rings. The van der Waals surface area contributed by atoms with Gasteiger partial charge in [0.25, 0.3) is 5.91 Å². The summed E-state index contributed by atoms with van der Waals surface area (Å²) < 4.78 is 13.9. The van der Waals surface area contributed by atoms with Crippen LogP contribution < -0.4 is 5.32 Å². The maximum atomic E-state index is 13.9. The Labute approximate surface area is 146 Å². The van der Waals surface area contributed by atoms with E-state index in [1.807, 2.05) is 24.3 Å². The highest BCUT2D eigenvalue weighted by Gasteiger charge is 2.49. The Kier molecular flexibility index (Phi) is 4.33. The Balaban J connectivity index is 1.88. The highest BCUT2D eigenvalue weighted by atomic mass is 19.1. The maximum Gasteiger partial charge on any atom is 0.325 e. The third-order valence-corrected chi connectivity index (χ3v) is 4.72. The summed E-state index contributed by atoms with van der Waals surface area (Å²) in [5.74, 6) is -0.427. The van der Waals surface area contributed by atoms with Crippen LogP contribution in [0.2, 0.25) is 0 Å². The van der Waals surface area contributed by atoms with Crippen LogP contribution in [0.3, 0.4) is 0 Å². The van der Waals surface area contributed by atoms with Crippen LogP contribution in [-0.2, 0) is 16.9 Å². The van der Waals surface area contributed by atoms with Gasteiger partial charge in [-0.3, -0.25) is 9.69 Å². The minimum Gasteiger partial charge on any atom is -0.319 e. The van der Waals surface area contributed by atoms with Gasteiger partial charge < -0.3 is 5.32 Å². The summed E-state index contributed by atoms with van der Waals surface area (Å²) in [6, 6.07) is 13.3. The zero-order valence-corrected chi connectivity index (χ0v) is 14.5. The lowest BCUT2D eigenvalue weighted by molar-refractivity contribution is -0.131. The zero-order chi connectivity index (χ0) is 18.2. The zero-order valence-electron chi connectivity index (χ0n) is 14.5. The van der Waals surface area contributed by atoms with Gasteiger partial charge in [0.1, 0.15) is 11.4 Å². The van der Waals surface area contributed by atoms with E-state index in [1.165, 1.54) is 6.07 Å². The molecule has 0 aromatic heterocycles. The molecule has 130 valence electrons. The minimum atomic E-state index is -1.14. The van der Waals surface area contributed by atoms with Gasteiger partial charge in [-0.25, -0.2) is 9.18 Å². The molecule has 4 nitrogen and oxygen atoms in total. The van der Waals surface area contributed by atoms with E-state index in [4.69, 9.17) is 0 Å². The van der Waals surface area contributed by atoms with E-state index in [0.717, 1.165) is 10.5 Å². The van der Waals surface area contributed by atoms with Gasteiger partial charge in [-0.2, -0.15) is 0 Å². The van der Waals surface area contributed by atoms with Gasteiger partial charge in [0.15, 0.2) is 0 Å². The van der Waals surface area contributed by atoms with Crippen molar-refractivity contribution in [2.75, 3.05) is 0 Å². The number of benzene rings is 2. The molecule has 1 saturated heterocycles. The molecule has 0 unspecified atom stereocenters. The topological polar surface area (TPSA) is 49.4 Å². The van der Waals surface area contributed by atoms with Crippen LogP contribution in [0.25, 0.3) is 0 Å². The van der Waals surface area contributed by atoms with Crippen molar-refractivity contribution in [3.8, 4) is 0 Å². The summed E-state index contributed by atoms with van der Waals surface area (Å²) in [5.41, 5.74) is 1.04. The molecule has 0 radical (unpaired) electrons. The second-order valence-corrected chi connectivity index (χ2v) is 6.81. The van der Waals surface area contributed by atoms with Crippen LogP contribution in [0, 0.1) is 5.82 Å². The largest absolute Gasteiger partial charge is 0.325 e. The van der Waals surface area contributed by atoms with Crippen LogP contribution in [0.1, 0.15) is 43.4 Å². The minimum absolute atomic E-state index is 0.0863.